The van der Waals surface area contributed by atoms with Crippen LogP contribution in [0.3, 0.4) is 0 Å². The van der Waals surface area contributed by atoms with Gasteiger partial charge >= 0.3 is 6.03 Å². The number of hydrogen-bond acceptors (Lipinski definition) is 7. The Morgan fingerprint density at radius 1 is 1.29 bits per heavy atom. The summed E-state index contributed by atoms with van der Waals surface area (Å²) in [6.07, 6.45) is 16.8. The normalized spacial score (nSPS) is 18.7. The molecule has 0 aliphatic carbocycles. The van der Waals surface area contributed by atoms with Crippen LogP contribution in [0.15, 0.2) is 47.6 Å². The first-order valence-electron chi connectivity index (χ1n) is 16.0. The molecule has 11 heteroatoms. The predicted molar refractivity (Wildman–Crippen MR) is 186 cm³/mol. The third kappa shape index (κ3) is 8.69. The zero-order chi connectivity index (χ0) is 34.8. The van der Waals surface area contributed by atoms with Crippen molar-refractivity contribution in [1.29, 1.82) is 0 Å². The van der Waals surface area contributed by atoms with Crippen LogP contribution in [0.1, 0.15) is 57.1 Å². The molecule has 3 aromatic rings. The van der Waals surface area contributed by atoms with Gasteiger partial charge in [0.25, 0.3) is 0 Å². The number of halogens is 2. The summed E-state index contributed by atoms with van der Waals surface area (Å²) in [6.45, 7) is 10.4. The van der Waals surface area contributed by atoms with Gasteiger partial charge in [-0.25, -0.2) is 18.6 Å². The number of phenols is 1. The topological polar surface area (TPSA) is 116 Å². The lowest BCUT2D eigenvalue weighted by molar-refractivity contribution is -0.123. The zero-order valence-electron chi connectivity index (χ0n) is 27.7. The molecule has 2 aromatic carbocycles. The van der Waals surface area contributed by atoms with E-state index in [1.807, 2.05) is 19.2 Å². The number of nitrogens with one attached hydrogen (secondary N) is 2. The zero-order valence-corrected chi connectivity index (χ0v) is 27.7. The molecule has 1 aromatic heterocycles. The number of carbonyl (C=O) groups excluding carboxylic acids is 2. The van der Waals surface area contributed by atoms with Crippen molar-refractivity contribution in [2.24, 2.45) is 4.99 Å². The van der Waals surface area contributed by atoms with Crippen molar-refractivity contribution in [2.75, 3.05) is 38.6 Å². The number of urea groups is 1. The molecule has 2 amide bonds. The molecule has 0 radical (unpaired) electrons. The number of anilines is 1. The van der Waals surface area contributed by atoms with Gasteiger partial charge in [-0.2, -0.15) is 0 Å². The van der Waals surface area contributed by atoms with Crippen LogP contribution < -0.4 is 10.6 Å². The Kier molecular flexibility index (Phi) is 12.5. The van der Waals surface area contributed by atoms with Crippen LogP contribution in [-0.2, 0) is 16.0 Å². The molecule has 0 spiro atoms. The number of aromatic hydroxyl groups is 1. The molecule has 3 N–H and O–H groups in total. The van der Waals surface area contributed by atoms with Gasteiger partial charge < -0.3 is 20.5 Å². The van der Waals surface area contributed by atoms with Crippen LogP contribution in [0.4, 0.5) is 19.3 Å². The van der Waals surface area contributed by atoms with Crippen molar-refractivity contribution in [1.82, 2.24) is 15.2 Å². The molecule has 254 valence electrons. The van der Waals surface area contributed by atoms with Crippen molar-refractivity contribution in [3.63, 3.8) is 0 Å². The smallest absolute Gasteiger partial charge is 0.344 e. The van der Waals surface area contributed by atoms with E-state index >= 15 is 4.39 Å². The van der Waals surface area contributed by atoms with E-state index in [0.29, 0.717) is 29.3 Å². The molecule has 48 heavy (non-hydrogen) atoms. The van der Waals surface area contributed by atoms with Gasteiger partial charge in [0.2, 0.25) is 0 Å². The maximum Gasteiger partial charge on any atom is 0.344 e. The molecule has 2 fully saturated rings. The summed E-state index contributed by atoms with van der Waals surface area (Å²) < 4.78 is 35.8. The van der Waals surface area contributed by atoms with E-state index in [4.69, 9.17) is 11.2 Å². The van der Waals surface area contributed by atoms with Crippen LogP contribution in [0.2, 0.25) is 0 Å². The van der Waals surface area contributed by atoms with E-state index in [1.165, 1.54) is 49.8 Å². The molecule has 2 atom stereocenters. The molecule has 0 bridgehead atoms. The van der Waals surface area contributed by atoms with Gasteiger partial charge in [0, 0.05) is 29.2 Å². The second kappa shape index (κ2) is 16.6. The first-order valence-corrected chi connectivity index (χ1v) is 16.0. The number of benzene rings is 2. The predicted octanol–water partition coefficient (Wildman–Crippen LogP) is 6.42. The van der Waals surface area contributed by atoms with Crippen molar-refractivity contribution in [3.8, 4) is 29.4 Å². The molecule has 0 saturated carbocycles. The van der Waals surface area contributed by atoms with Crippen molar-refractivity contribution >= 4 is 35.0 Å². The number of allylic oxidation sites excluding steroid dienone is 1. The van der Waals surface area contributed by atoms with Gasteiger partial charge in [0.1, 0.15) is 23.9 Å². The number of hydrogen-bond donors (Lipinski definition) is 3. The van der Waals surface area contributed by atoms with Crippen LogP contribution >= 0.6 is 0 Å². The summed E-state index contributed by atoms with van der Waals surface area (Å²) in [5, 5.41) is 16.3. The first-order chi connectivity index (χ1) is 23.0. The van der Waals surface area contributed by atoms with E-state index in [0.717, 1.165) is 25.9 Å². The molecule has 3 heterocycles. The maximum atomic E-state index is 15.8. The number of aliphatic imine (C=N–C) groups is 1. The lowest BCUT2D eigenvalue weighted by Crippen LogP contribution is -2.34. The van der Waals surface area contributed by atoms with Crippen molar-refractivity contribution in [2.45, 2.75) is 64.0 Å². The van der Waals surface area contributed by atoms with Crippen molar-refractivity contribution in [3.05, 3.63) is 65.4 Å². The fourth-order valence-electron chi connectivity index (χ4n) is 6.41. The molecule has 2 aliphatic heterocycles. The summed E-state index contributed by atoms with van der Waals surface area (Å²) in [5.41, 5.74) is 0.520. The Hall–Kier alpha value is -4.50. The van der Waals surface area contributed by atoms with Gasteiger partial charge in [-0.15, -0.1) is 6.42 Å². The number of amides is 2. The minimum Gasteiger partial charge on any atom is -0.508 e. The highest BCUT2D eigenvalue weighted by atomic mass is 19.1. The van der Waals surface area contributed by atoms with Gasteiger partial charge in [-0.3, -0.25) is 14.7 Å². The van der Waals surface area contributed by atoms with E-state index in [9.17, 15) is 19.1 Å². The van der Waals surface area contributed by atoms with Crippen LogP contribution in [-0.4, -0.2) is 78.5 Å². The minimum absolute atomic E-state index is 0.0807. The maximum absolute atomic E-state index is 15.8. The number of nitrogens with zero attached hydrogens (tertiary/aromatic N) is 3. The SMILES string of the molecule is C#Cc1c(F)ccc2cc(O)cc(-c3ncc(CC/C=C\CCNC)c(NC(=O)N=C)c3F)c12.CC(=O)COC1CN2CCC[C@@]2(C)C1. The Bertz CT molecular complexity index is 1740. The Morgan fingerprint density at radius 3 is 2.75 bits per heavy atom. The summed E-state index contributed by atoms with van der Waals surface area (Å²) >= 11 is 0. The minimum atomic E-state index is -0.854. The van der Waals surface area contributed by atoms with Gasteiger partial charge in [-0.05, 0) is 108 Å². The highest BCUT2D eigenvalue weighted by molar-refractivity contribution is 6.02. The van der Waals surface area contributed by atoms with Gasteiger partial charge in [-0.1, -0.05) is 24.1 Å². The van der Waals surface area contributed by atoms with E-state index in [-0.39, 0.29) is 52.1 Å². The summed E-state index contributed by atoms with van der Waals surface area (Å²) in [5.74, 6) is 0.732. The van der Waals surface area contributed by atoms with Crippen LogP contribution in [0, 0.1) is 24.0 Å². The second-order valence-electron chi connectivity index (χ2n) is 12.4. The number of aromatic nitrogens is 1. The number of ketones is 1. The monoisotopic (exact) mass is 659 g/mol. The molecule has 2 saturated heterocycles. The van der Waals surface area contributed by atoms with Crippen molar-refractivity contribution < 1.29 is 28.2 Å². The Balaban J connectivity index is 0.000000307. The average molecular weight is 660 g/mol. The molecule has 5 rings (SSSR count). The fourth-order valence-corrected chi connectivity index (χ4v) is 6.41. The lowest BCUT2D eigenvalue weighted by Gasteiger charge is -2.26. The van der Waals surface area contributed by atoms with E-state index < -0.39 is 17.7 Å². The van der Waals surface area contributed by atoms with E-state index in [2.05, 4.69) is 45.1 Å². The third-order valence-corrected chi connectivity index (χ3v) is 8.75. The van der Waals surface area contributed by atoms with Crippen LogP contribution in [0.25, 0.3) is 22.0 Å². The fraction of sp³-hybridized carbons (Fsp3) is 0.405. The highest BCUT2D eigenvalue weighted by Crippen LogP contribution is 2.40. The number of rotatable bonds is 11. The number of ether oxygens (including phenoxy) is 1. The highest BCUT2D eigenvalue weighted by Gasteiger charge is 2.45. The lowest BCUT2D eigenvalue weighted by atomic mass is 9.95. The summed E-state index contributed by atoms with van der Waals surface area (Å²) in [7, 11) is 1.86. The number of fused-ring (bicyclic) bond motifs is 2. The summed E-state index contributed by atoms with van der Waals surface area (Å²) in [6, 6.07) is 4.44. The number of pyridine rings is 1. The number of Topliss-reactive ketones (excluding diaryl/α,β-unsaturated/α-hetero) is 1. The Morgan fingerprint density at radius 2 is 2.06 bits per heavy atom. The molecule has 2 aliphatic rings. The largest absolute Gasteiger partial charge is 0.508 e. The average Bonchev–Trinajstić information content (AvgIpc) is 3.57. The second-order valence-corrected chi connectivity index (χ2v) is 12.4. The number of aryl methyl sites for hydroxylation is 1. The number of phenolic OH excluding ortho intramolecular Hbond substituents is 1. The molecule has 1 unspecified atom stereocenters. The van der Waals surface area contributed by atoms with Gasteiger partial charge in [0.05, 0.1) is 17.4 Å². The first kappa shape index (κ1) is 36.3. The van der Waals surface area contributed by atoms with E-state index in [1.54, 1.807) is 6.92 Å². The number of carbonyl (C=O) groups is 2. The number of terminal acetylenes is 1. The quantitative estimate of drug-likeness (QED) is 0.0942. The Labute approximate surface area is 280 Å². The molecule has 9 nitrogen and oxygen atoms in total. The summed E-state index contributed by atoms with van der Waals surface area (Å²) in [4.78, 5) is 32.8. The third-order valence-electron chi connectivity index (χ3n) is 8.75. The molecular weight excluding hydrogens is 616 g/mol. The molecular formula is C37H43F2N5O4. The standard InChI is InChI=1S/C26H24F2N4O2.C11H19NO2/c1-4-19-21(27)11-10-16-13-18(33)14-20(22(16)19)25-23(28)24(32-26(34)30-3)17(15-31-25)9-7-5-6-8-12-29-2;1-9(13)8-14-10-6-11(2)4-3-5-12(11)7-10/h1,5-6,10-11,13-15,29,33H,3,7-9,12H2,2H3,(H,31,32,34);10H,3-8H2,1-2H3/b6-5-;/t;10?,11-/m.0/s1. The van der Waals surface area contributed by atoms with Crippen LogP contribution in [0.5, 0.6) is 5.75 Å². The van der Waals surface area contributed by atoms with Gasteiger partial charge in [0.15, 0.2) is 11.6 Å².